The van der Waals surface area contributed by atoms with Crippen LogP contribution in [-0.4, -0.2) is 80.6 Å². The second kappa shape index (κ2) is 32.9. The lowest BCUT2D eigenvalue weighted by Gasteiger charge is -2.31. The van der Waals surface area contributed by atoms with E-state index in [4.69, 9.17) is 14.2 Å². The first kappa shape index (κ1) is 46.8. The van der Waals surface area contributed by atoms with E-state index in [1.54, 1.807) is 0 Å². The van der Waals surface area contributed by atoms with Gasteiger partial charge in [0, 0.05) is 19.3 Å². The van der Waals surface area contributed by atoms with Crippen LogP contribution in [0, 0.1) is 0 Å². The van der Waals surface area contributed by atoms with Crippen LogP contribution in [0.2, 0.25) is 0 Å². The molecule has 0 aromatic heterocycles. The number of ether oxygens (including phenoxy) is 3. The Balaban J connectivity index is 4.45. The van der Waals surface area contributed by atoms with Gasteiger partial charge in [0.25, 0.3) is 0 Å². The predicted octanol–water partition coefficient (Wildman–Crippen LogP) is 9.63. The highest BCUT2D eigenvalue weighted by molar-refractivity contribution is 5.72. The van der Waals surface area contributed by atoms with Crippen molar-refractivity contribution in [1.29, 1.82) is 0 Å². The Kier molecular flexibility index (Phi) is 30.8. The van der Waals surface area contributed by atoms with Crippen LogP contribution in [0.5, 0.6) is 0 Å². The van der Waals surface area contributed by atoms with Crippen molar-refractivity contribution in [3.8, 4) is 0 Å². The molecule has 0 bridgehead atoms. The van der Waals surface area contributed by atoms with Crippen molar-refractivity contribution in [2.75, 3.05) is 41.0 Å². The number of rotatable bonds is 32. The summed E-state index contributed by atoms with van der Waals surface area (Å²) < 4.78 is 17.1. The fourth-order valence-electron chi connectivity index (χ4n) is 4.96. The van der Waals surface area contributed by atoms with Gasteiger partial charge in [-0.2, -0.15) is 0 Å². The molecule has 50 heavy (non-hydrogen) atoms. The van der Waals surface area contributed by atoms with Crippen molar-refractivity contribution >= 4 is 17.9 Å². The zero-order chi connectivity index (χ0) is 37.1. The van der Waals surface area contributed by atoms with Gasteiger partial charge in [0.2, 0.25) is 0 Å². The molecule has 0 aromatic rings. The topological polar surface area (TPSA) is 99.1 Å². The van der Waals surface area contributed by atoms with Crippen LogP contribution in [0.3, 0.4) is 0 Å². The van der Waals surface area contributed by atoms with Crippen LogP contribution in [-0.2, 0) is 28.6 Å². The number of carboxylic acids is 1. The van der Waals surface area contributed by atoms with Gasteiger partial charge in [0.05, 0.1) is 34.4 Å². The predicted molar refractivity (Wildman–Crippen MR) is 206 cm³/mol. The molecule has 0 aliphatic heterocycles. The molecule has 284 valence electrons. The van der Waals surface area contributed by atoms with Crippen LogP contribution in [0.25, 0.3) is 0 Å². The van der Waals surface area contributed by atoms with Crippen molar-refractivity contribution < 1.29 is 38.2 Å². The van der Waals surface area contributed by atoms with E-state index in [0.717, 1.165) is 57.8 Å². The van der Waals surface area contributed by atoms with E-state index >= 15 is 0 Å². The second-order valence-corrected chi connectivity index (χ2v) is 13.6. The molecule has 0 amide bonds. The summed E-state index contributed by atoms with van der Waals surface area (Å²) in [4.78, 5) is 36.6. The van der Waals surface area contributed by atoms with Gasteiger partial charge in [-0.15, -0.1) is 0 Å². The van der Waals surface area contributed by atoms with Crippen molar-refractivity contribution in [2.24, 2.45) is 0 Å². The normalized spacial score (nSPS) is 13.9. The quantitative estimate of drug-likeness (QED) is 0.0245. The van der Waals surface area contributed by atoms with Gasteiger partial charge in [-0.3, -0.25) is 9.59 Å². The Bertz CT molecular complexity index is 1050. The Morgan fingerprint density at radius 1 is 0.600 bits per heavy atom. The Morgan fingerprint density at radius 2 is 1.16 bits per heavy atom. The maximum Gasteiger partial charge on any atom is 0.362 e. The van der Waals surface area contributed by atoms with Gasteiger partial charge in [-0.1, -0.05) is 132 Å². The first-order valence-electron chi connectivity index (χ1n) is 19.0. The number of carboxylic acid groups (broad SMARTS) is 1. The Labute approximate surface area is 304 Å². The molecular weight excluding hydrogens is 630 g/mol. The average Bonchev–Trinajstić information content (AvgIpc) is 3.06. The summed E-state index contributed by atoms with van der Waals surface area (Å²) in [6.45, 7) is 4.50. The van der Waals surface area contributed by atoms with E-state index in [1.807, 2.05) is 63.7 Å². The molecule has 2 atom stereocenters. The zero-order valence-corrected chi connectivity index (χ0v) is 32.1. The molecule has 0 saturated heterocycles. The molecule has 0 radical (unpaired) electrons. The monoisotopic (exact) mass is 701 g/mol. The number of carbonyl (C=O) groups is 3. The maximum atomic E-state index is 12.5. The van der Waals surface area contributed by atoms with E-state index in [9.17, 15) is 19.5 Å². The highest BCUT2D eigenvalue weighted by atomic mass is 16.6. The SMILES string of the molecule is CCC/C=C/C=C/C=C/C=C/C=C/CCCCCCCC(=O)OCC(COCCC(C(=O)O)[N+](C)(C)C)OC(=O)CC/C=C/CCCCCC. The summed E-state index contributed by atoms with van der Waals surface area (Å²) in [5.41, 5.74) is 0. The van der Waals surface area contributed by atoms with Crippen molar-refractivity contribution in [2.45, 2.75) is 135 Å². The summed E-state index contributed by atoms with van der Waals surface area (Å²) in [6.07, 6.45) is 39.6. The van der Waals surface area contributed by atoms with Crippen molar-refractivity contribution in [3.63, 3.8) is 0 Å². The highest BCUT2D eigenvalue weighted by Gasteiger charge is 2.31. The van der Waals surface area contributed by atoms with Gasteiger partial charge in [-0.25, -0.2) is 4.79 Å². The standard InChI is InChI=1S/C42H69NO7/c1-6-8-10-12-14-16-17-18-19-20-21-22-23-24-25-27-28-30-32-40(44)49-37-38(36-48-35-34-39(42(46)47)43(3,4)5)50-41(45)33-31-29-26-15-13-11-9-7-2/h10,12,14,16-22,26,29,38-39H,6-9,11,13,15,23-25,27-28,30-37H2,1-5H3/p+1/b12-10+,16-14+,18-17+,20-19+,22-21+,29-26+. The van der Waals surface area contributed by atoms with Crippen molar-refractivity contribution in [1.82, 2.24) is 0 Å². The fourth-order valence-corrected chi connectivity index (χ4v) is 4.96. The van der Waals surface area contributed by atoms with E-state index in [2.05, 4.69) is 44.2 Å². The zero-order valence-electron chi connectivity index (χ0n) is 32.1. The van der Waals surface area contributed by atoms with Gasteiger partial charge >= 0.3 is 17.9 Å². The number of unbranched alkanes of at least 4 members (excludes halogenated alkanes) is 10. The number of nitrogens with zero attached hydrogens (tertiary/aromatic N) is 1. The highest BCUT2D eigenvalue weighted by Crippen LogP contribution is 2.11. The van der Waals surface area contributed by atoms with Crippen LogP contribution in [0.4, 0.5) is 0 Å². The Morgan fingerprint density at radius 3 is 1.78 bits per heavy atom. The molecule has 0 rings (SSSR count). The van der Waals surface area contributed by atoms with Gasteiger partial charge in [0.1, 0.15) is 6.61 Å². The van der Waals surface area contributed by atoms with Crippen LogP contribution in [0.15, 0.2) is 72.9 Å². The smallest absolute Gasteiger partial charge is 0.362 e. The number of hydrogen-bond acceptors (Lipinski definition) is 6. The summed E-state index contributed by atoms with van der Waals surface area (Å²) in [7, 11) is 5.48. The number of likely N-dealkylation sites (N-methyl/N-ethyl adjacent to an activating group) is 1. The first-order valence-corrected chi connectivity index (χ1v) is 19.0. The summed E-state index contributed by atoms with van der Waals surface area (Å²) >= 11 is 0. The van der Waals surface area contributed by atoms with E-state index in [0.29, 0.717) is 19.3 Å². The fraction of sp³-hybridized carbons (Fsp3) is 0.643. The third-order valence-corrected chi connectivity index (χ3v) is 7.95. The molecule has 0 saturated carbocycles. The third kappa shape index (κ3) is 30.8. The summed E-state index contributed by atoms with van der Waals surface area (Å²) in [5.74, 6) is -1.58. The first-order chi connectivity index (χ1) is 24.1. The lowest BCUT2D eigenvalue weighted by atomic mass is 10.1. The van der Waals surface area contributed by atoms with Crippen LogP contribution >= 0.6 is 0 Å². The minimum atomic E-state index is -0.889. The van der Waals surface area contributed by atoms with Crippen LogP contribution < -0.4 is 0 Å². The molecule has 0 fully saturated rings. The molecule has 2 unspecified atom stereocenters. The second-order valence-electron chi connectivity index (χ2n) is 13.6. The van der Waals surface area contributed by atoms with E-state index < -0.39 is 18.1 Å². The summed E-state index contributed by atoms with van der Waals surface area (Å²) in [6, 6.07) is -0.625. The Hall–Kier alpha value is -3.23. The number of carbonyl (C=O) groups excluding carboxylic acids is 2. The lowest BCUT2D eigenvalue weighted by Crippen LogP contribution is -2.50. The molecule has 0 heterocycles. The number of esters is 2. The minimum absolute atomic E-state index is 0.0328. The maximum absolute atomic E-state index is 12.5. The molecule has 1 N–H and O–H groups in total. The van der Waals surface area contributed by atoms with Gasteiger partial charge in [0.15, 0.2) is 12.1 Å². The number of aliphatic carboxylic acids is 1. The largest absolute Gasteiger partial charge is 0.477 e. The molecule has 0 aliphatic carbocycles. The van der Waals surface area contributed by atoms with E-state index in [-0.39, 0.29) is 42.7 Å². The molecule has 0 spiro atoms. The van der Waals surface area contributed by atoms with E-state index in [1.165, 1.54) is 25.7 Å². The molecular formula is C42H70NO7+. The van der Waals surface area contributed by atoms with Crippen LogP contribution in [0.1, 0.15) is 123 Å². The summed E-state index contributed by atoms with van der Waals surface area (Å²) in [5, 5.41) is 9.56. The average molecular weight is 701 g/mol. The van der Waals surface area contributed by atoms with Gasteiger partial charge < -0.3 is 23.8 Å². The number of allylic oxidation sites excluding steroid dienone is 12. The number of hydrogen-bond donors (Lipinski definition) is 1. The lowest BCUT2D eigenvalue weighted by molar-refractivity contribution is -0.887. The van der Waals surface area contributed by atoms with Gasteiger partial charge in [-0.05, 0) is 44.9 Å². The number of quaternary nitrogens is 1. The third-order valence-electron chi connectivity index (χ3n) is 7.95. The molecule has 8 nitrogen and oxygen atoms in total. The molecule has 0 aromatic carbocycles. The molecule has 0 aliphatic rings. The van der Waals surface area contributed by atoms with Crippen molar-refractivity contribution in [3.05, 3.63) is 72.9 Å². The molecule has 8 heteroatoms. The minimum Gasteiger partial charge on any atom is -0.477 e.